The second-order valence-corrected chi connectivity index (χ2v) is 7.92. The molecular formula is C21H23N3O3S. The van der Waals surface area contributed by atoms with E-state index in [-0.39, 0.29) is 11.2 Å². The van der Waals surface area contributed by atoms with Gasteiger partial charge in [0.15, 0.2) is 5.16 Å². The van der Waals surface area contributed by atoms with Crippen molar-refractivity contribution in [2.24, 2.45) is 0 Å². The van der Waals surface area contributed by atoms with Crippen LogP contribution in [0.25, 0.3) is 16.7 Å². The van der Waals surface area contributed by atoms with Gasteiger partial charge in [-0.2, -0.15) is 0 Å². The van der Waals surface area contributed by atoms with Crippen molar-refractivity contribution >= 4 is 28.7 Å². The van der Waals surface area contributed by atoms with Crippen LogP contribution in [0, 0.1) is 0 Å². The highest BCUT2D eigenvalue weighted by molar-refractivity contribution is 8.00. The van der Waals surface area contributed by atoms with Crippen molar-refractivity contribution in [3.05, 3.63) is 48.5 Å². The monoisotopic (exact) mass is 397 g/mol. The fraction of sp³-hybridized carbons (Fsp3) is 0.333. The number of ether oxygens (including phenoxy) is 2. The van der Waals surface area contributed by atoms with Gasteiger partial charge in [0.2, 0.25) is 5.91 Å². The highest BCUT2D eigenvalue weighted by atomic mass is 32.2. The Bertz CT molecular complexity index is 965. The van der Waals surface area contributed by atoms with Crippen molar-refractivity contribution in [2.75, 3.05) is 33.4 Å². The summed E-state index contributed by atoms with van der Waals surface area (Å²) in [5, 5.41) is 0.576. The number of aromatic nitrogens is 2. The van der Waals surface area contributed by atoms with Gasteiger partial charge in [-0.1, -0.05) is 23.9 Å². The number of thioether (sulfide) groups is 1. The van der Waals surface area contributed by atoms with E-state index < -0.39 is 0 Å². The van der Waals surface area contributed by atoms with Crippen LogP contribution in [0.15, 0.2) is 53.7 Å². The summed E-state index contributed by atoms with van der Waals surface area (Å²) in [6.45, 7) is 4.46. The molecule has 0 N–H and O–H groups in total. The molecule has 146 valence electrons. The quantitative estimate of drug-likeness (QED) is 0.618. The zero-order valence-corrected chi connectivity index (χ0v) is 16.8. The third kappa shape index (κ3) is 3.72. The summed E-state index contributed by atoms with van der Waals surface area (Å²) in [6, 6.07) is 15.9. The van der Waals surface area contributed by atoms with E-state index >= 15 is 0 Å². The number of hydrogen-bond acceptors (Lipinski definition) is 5. The molecule has 2 heterocycles. The van der Waals surface area contributed by atoms with Gasteiger partial charge in [0, 0.05) is 18.8 Å². The predicted molar refractivity (Wildman–Crippen MR) is 110 cm³/mol. The number of fused-ring (bicyclic) bond motifs is 1. The molecule has 1 fully saturated rings. The molecular weight excluding hydrogens is 374 g/mol. The van der Waals surface area contributed by atoms with Gasteiger partial charge in [0.25, 0.3) is 0 Å². The number of imidazole rings is 1. The van der Waals surface area contributed by atoms with Gasteiger partial charge in [-0.05, 0) is 43.3 Å². The first-order valence-electron chi connectivity index (χ1n) is 9.32. The Balaban J connectivity index is 1.67. The van der Waals surface area contributed by atoms with Crippen molar-refractivity contribution in [3.63, 3.8) is 0 Å². The maximum absolute atomic E-state index is 12.8. The zero-order chi connectivity index (χ0) is 19.5. The van der Waals surface area contributed by atoms with Crippen molar-refractivity contribution in [1.29, 1.82) is 0 Å². The number of amides is 1. The van der Waals surface area contributed by atoms with Crippen LogP contribution in [0.3, 0.4) is 0 Å². The molecule has 3 aromatic rings. The standard InChI is InChI=1S/C21H23N3O3S/c1-15(20(25)23-11-13-27-14-12-23)28-21-22-18-5-3-4-6-19(18)24(21)16-7-9-17(26-2)10-8-16/h3-10,15H,11-14H2,1-2H3/t15-/m0/s1. The van der Waals surface area contributed by atoms with Crippen molar-refractivity contribution in [3.8, 4) is 11.4 Å². The minimum absolute atomic E-state index is 0.127. The van der Waals surface area contributed by atoms with Gasteiger partial charge in [-0.15, -0.1) is 0 Å². The largest absolute Gasteiger partial charge is 0.497 e. The number of benzene rings is 2. The average Bonchev–Trinajstić information content (AvgIpc) is 3.11. The Morgan fingerprint density at radius 2 is 1.86 bits per heavy atom. The molecule has 7 heteroatoms. The lowest BCUT2D eigenvalue weighted by Crippen LogP contribution is -2.44. The molecule has 0 aliphatic carbocycles. The molecule has 1 atom stereocenters. The normalized spacial score (nSPS) is 15.6. The SMILES string of the molecule is COc1ccc(-n2c(S[C@@H](C)C(=O)N3CCOCC3)nc3ccccc32)cc1. The van der Waals surface area contributed by atoms with E-state index in [1.165, 1.54) is 11.8 Å². The Morgan fingerprint density at radius 3 is 2.57 bits per heavy atom. The molecule has 1 amide bonds. The number of carbonyl (C=O) groups is 1. The summed E-state index contributed by atoms with van der Waals surface area (Å²) < 4.78 is 12.7. The fourth-order valence-corrected chi connectivity index (χ4v) is 4.34. The van der Waals surface area contributed by atoms with Crippen LogP contribution in [0.2, 0.25) is 0 Å². The van der Waals surface area contributed by atoms with E-state index in [2.05, 4.69) is 4.57 Å². The highest BCUT2D eigenvalue weighted by Crippen LogP contribution is 2.31. The smallest absolute Gasteiger partial charge is 0.236 e. The molecule has 6 nitrogen and oxygen atoms in total. The number of methoxy groups -OCH3 is 1. The molecule has 1 saturated heterocycles. The first-order valence-corrected chi connectivity index (χ1v) is 10.2. The number of nitrogens with zero attached hydrogens (tertiary/aromatic N) is 3. The Hall–Kier alpha value is -2.51. The second-order valence-electron chi connectivity index (χ2n) is 6.61. The molecule has 0 bridgehead atoms. The summed E-state index contributed by atoms with van der Waals surface area (Å²) in [4.78, 5) is 19.5. The van der Waals surface area contributed by atoms with E-state index in [9.17, 15) is 4.79 Å². The molecule has 0 saturated carbocycles. The molecule has 0 radical (unpaired) electrons. The number of para-hydroxylation sites is 2. The van der Waals surface area contributed by atoms with Crippen LogP contribution in [0.4, 0.5) is 0 Å². The zero-order valence-electron chi connectivity index (χ0n) is 16.0. The van der Waals surface area contributed by atoms with Crippen LogP contribution in [0.1, 0.15) is 6.92 Å². The summed E-state index contributed by atoms with van der Waals surface area (Å²) in [5.74, 6) is 0.930. The Labute approximate surface area is 168 Å². The number of carbonyl (C=O) groups excluding carboxylic acids is 1. The molecule has 4 rings (SSSR count). The van der Waals surface area contributed by atoms with E-state index in [0.29, 0.717) is 26.3 Å². The molecule has 28 heavy (non-hydrogen) atoms. The van der Waals surface area contributed by atoms with E-state index in [4.69, 9.17) is 14.5 Å². The first-order chi connectivity index (χ1) is 13.7. The second kappa shape index (κ2) is 8.24. The summed E-state index contributed by atoms with van der Waals surface area (Å²) in [5.41, 5.74) is 2.91. The van der Waals surface area contributed by atoms with Crippen molar-refractivity contribution < 1.29 is 14.3 Å². The number of morpholine rings is 1. The maximum Gasteiger partial charge on any atom is 0.236 e. The summed E-state index contributed by atoms with van der Waals surface area (Å²) in [6.07, 6.45) is 0. The van der Waals surface area contributed by atoms with Crippen LogP contribution in [-0.2, 0) is 9.53 Å². The minimum atomic E-state index is -0.230. The number of rotatable bonds is 5. The third-order valence-electron chi connectivity index (χ3n) is 4.81. The van der Waals surface area contributed by atoms with Crippen LogP contribution in [0.5, 0.6) is 5.75 Å². The third-order valence-corrected chi connectivity index (χ3v) is 5.85. The van der Waals surface area contributed by atoms with Crippen molar-refractivity contribution in [1.82, 2.24) is 14.5 Å². The molecule has 1 aliphatic heterocycles. The van der Waals surface area contributed by atoms with Gasteiger partial charge in [-0.3, -0.25) is 9.36 Å². The van der Waals surface area contributed by atoms with E-state index in [1.807, 2.05) is 60.4 Å². The Morgan fingerprint density at radius 1 is 1.14 bits per heavy atom. The molecule has 0 spiro atoms. The average molecular weight is 398 g/mol. The van der Waals surface area contributed by atoms with Crippen molar-refractivity contribution in [2.45, 2.75) is 17.3 Å². The van der Waals surface area contributed by atoms with Crippen LogP contribution < -0.4 is 4.74 Å². The molecule has 1 aliphatic rings. The molecule has 0 unspecified atom stereocenters. The van der Waals surface area contributed by atoms with Gasteiger partial charge < -0.3 is 14.4 Å². The van der Waals surface area contributed by atoms with E-state index in [1.54, 1.807) is 7.11 Å². The summed E-state index contributed by atoms with van der Waals surface area (Å²) in [7, 11) is 1.65. The lowest BCUT2D eigenvalue weighted by Gasteiger charge is -2.29. The van der Waals surface area contributed by atoms with Gasteiger partial charge in [0.05, 0.1) is 36.6 Å². The first kappa shape index (κ1) is 18.8. The topological polar surface area (TPSA) is 56.6 Å². The Kier molecular flexibility index (Phi) is 5.54. The fourth-order valence-electron chi connectivity index (χ4n) is 3.31. The predicted octanol–water partition coefficient (Wildman–Crippen LogP) is 3.37. The van der Waals surface area contributed by atoms with E-state index in [0.717, 1.165) is 27.6 Å². The lowest BCUT2D eigenvalue weighted by atomic mass is 10.2. The lowest BCUT2D eigenvalue weighted by molar-refractivity contribution is -0.134. The van der Waals surface area contributed by atoms with Gasteiger partial charge in [-0.25, -0.2) is 4.98 Å². The molecule has 2 aromatic carbocycles. The van der Waals surface area contributed by atoms with Gasteiger partial charge in [0.1, 0.15) is 5.75 Å². The highest BCUT2D eigenvalue weighted by Gasteiger charge is 2.25. The van der Waals surface area contributed by atoms with Gasteiger partial charge >= 0.3 is 0 Å². The minimum Gasteiger partial charge on any atom is -0.497 e. The van der Waals surface area contributed by atoms with Crippen LogP contribution >= 0.6 is 11.8 Å². The molecule has 1 aromatic heterocycles. The number of hydrogen-bond donors (Lipinski definition) is 0. The maximum atomic E-state index is 12.8. The van der Waals surface area contributed by atoms with Crippen LogP contribution in [-0.4, -0.2) is 59.0 Å². The summed E-state index contributed by atoms with van der Waals surface area (Å²) >= 11 is 1.49.